The highest BCUT2D eigenvalue weighted by atomic mass is 16.2. The lowest BCUT2D eigenvalue weighted by atomic mass is 10.0. The third kappa shape index (κ3) is 4.11. The van der Waals surface area contributed by atoms with Crippen molar-refractivity contribution in [2.45, 2.75) is 38.8 Å². The number of nitrogens with zero attached hydrogens (tertiary/aromatic N) is 6. The van der Waals surface area contributed by atoms with Crippen molar-refractivity contribution in [1.29, 1.82) is 0 Å². The van der Waals surface area contributed by atoms with E-state index in [0.29, 0.717) is 38.8 Å². The van der Waals surface area contributed by atoms with Crippen molar-refractivity contribution in [3.8, 4) is 0 Å². The summed E-state index contributed by atoms with van der Waals surface area (Å²) in [5.74, 6) is 0.259. The SMILES string of the molecule is CC(=O)N1CCN(C(=O)CN2CCCC[C@@H]2Cn2cncn2)CC1. The van der Waals surface area contributed by atoms with Crippen molar-refractivity contribution in [3.05, 3.63) is 12.7 Å². The van der Waals surface area contributed by atoms with E-state index in [4.69, 9.17) is 0 Å². The van der Waals surface area contributed by atoms with Gasteiger partial charge < -0.3 is 9.80 Å². The van der Waals surface area contributed by atoms with Crippen LogP contribution in [0.3, 0.4) is 0 Å². The summed E-state index contributed by atoms with van der Waals surface area (Å²) in [5.41, 5.74) is 0. The Bertz CT molecular complexity index is 553. The van der Waals surface area contributed by atoms with Crippen LogP contribution in [0.25, 0.3) is 0 Å². The Hall–Kier alpha value is -1.96. The molecule has 3 heterocycles. The molecular formula is C16H26N6O2. The van der Waals surface area contributed by atoms with E-state index in [9.17, 15) is 9.59 Å². The Kier molecular flexibility index (Phi) is 5.44. The van der Waals surface area contributed by atoms with Gasteiger partial charge in [-0.1, -0.05) is 6.42 Å². The van der Waals surface area contributed by atoms with Gasteiger partial charge in [-0.05, 0) is 19.4 Å². The minimum Gasteiger partial charge on any atom is -0.339 e. The number of piperidine rings is 1. The number of piperazine rings is 1. The molecule has 0 spiro atoms. The summed E-state index contributed by atoms with van der Waals surface area (Å²) in [7, 11) is 0. The van der Waals surface area contributed by atoms with Crippen LogP contribution in [0, 0.1) is 0 Å². The summed E-state index contributed by atoms with van der Waals surface area (Å²) in [6.07, 6.45) is 6.70. The van der Waals surface area contributed by atoms with E-state index >= 15 is 0 Å². The molecule has 24 heavy (non-hydrogen) atoms. The van der Waals surface area contributed by atoms with Crippen LogP contribution in [-0.2, 0) is 16.1 Å². The smallest absolute Gasteiger partial charge is 0.236 e. The number of hydrogen-bond acceptors (Lipinski definition) is 5. The summed E-state index contributed by atoms with van der Waals surface area (Å²) < 4.78 is 1.85. The number of amides is 2. The lowest BCUT2D eigenvalue weighted by Gasteiger charge is -2.38. The van der Waals surface area contributed by atoms with Crippen molar-refractivity contribution >= 4 is 11.8 Å². The largest absolute Gasteiger partial charge is 0.339 e. The molecule has 3 rings (SSSR count). The molecule has 8 nitrogen and oxygen atoms in total. The second kappa shape index (κ2) is 7.74. The number of aromatic nitrogens is 3. The minimum atomic E-state index is 0.0889. The Labute approximate surface area is 142 Å². The zero-order chi connectivity index (χ0) is 16.9. The first-order valence-electron chi connectivity index (χ1n) is 8.73. The second-order valence-corrected chi connectivity index (χ2v) is 6.62. The lowest BCUT2D eigenvalue weighted by molar-refractivity contribution is -0.139. The molecular weight excluding hydrogens is 308 g/mol. The average Bonchev–Trinajstić information content (AvgIpc) is 3.10. The van der Waals surface area contributed by atoms with E-state index in [1.54, 1.807) is 24.5 Å². The van der Waals surface area contributed by atoms with Gasteiger partial charge >= 0.3 is 0 Å². The van der Waals surface area contributed by atoms with Crippen molar-refractivity contribution in [2.24, 2.45) is 0 Å². The van der Waals surface area contributed by atoms with Crippen LogP contribution in [0.15, 0.2) is 12.7 Å². The molecule has 0 saturated carbocycles. The van der Waals surface area contributed by atoms with E-state index in [1.165, 1.54) is 6.42 Å². The van der Waals surface area contributed by atoms with Gasteiger partial charge in [-0.25, -0.2) is 4.98 Å². The lowest BCUT2D eigenvalue weighted by Crippen LogP contribution is -2.54. The van der Waals surface area contributed by atoms with E-state index in [-0.39, 0.29) is 11.8 Å². The molecule has 132 valence electrons. The second-order valence-electron chi connectivity index (χ2n) is 6.62. The Morgan fingerprint density at radius 1 is 1.08 bits per heavy atom. The molecule has 0 bridgehead atoms. The fraction of sp³-hybridized carbons (Fsp3) is 0.750. The highest BCUT2D eigenvalue weighted by Crippen LogP contribution is 2.18. The monoisotopic (exact) mass is 334 g/mol. The Morgan fingerprint density at radius 3 is 2.50 bits per heavy atom. The predicted molar refractivity (Wildman–Crippen MR) is 88.1 cm³/mol. The minimum absolute atomic E-state index is 0.0889. The number of carbonyl (C=O) groups excluding carboxylic acids is 2. The molecule has 2 aliphatic rings. The maximum atomic E-state index is 12.6. The van der Waals surface area contributed by atoms with E-state index in [0.717, 1.165) is 25.9 Å². The number of hydrogen-bond donors (Lipinski definition) is 0. The maximum Gasteiger partial charge on any atom is 0.236 e. The summed E-state index contributed by atoms with van der Waals surface area (Å²) in [4.78, 5) is 34.0. The van der Waals surface area contributed by atoms with Crippen LogP contribution >= 0.6 is 0 Å². The molecule has 0 N–H and O–H groups in total. The first kappa shape index (κ1) is 16.9. The predicted octanol–water partition coefficient (Wildman–Crippen LogP) is -0.177. The topological polar surface area (TPSA) is 74.6 Å². The Morgan fingerprint density at radius 2 is 1.83 bits per heavy atom. The van der Waals surface area contributed by atoms with E-state index < -0.39 is 0 Å². The zero-order valence-corrected chi connectivity index (χ0v) is 14.3. The van der Waals surface area contributed by atoms with Crippen molar-refractivity contribution in [2.75, 3.05) is 39.3 Å². The molecule has 2 amide bonds. The van der Waals surface area contributed by atoms with Gasteiger partial charge in [0.1, 0.15) is 12.7 Å². The van der Waals surface area contributed by atoms with Crippen LogP contribution in [0.4, 0.5) is 0 Å². The molecule has 0 unspecified atom stereocenters. The third-order valence-corrected chi connectivity index (χ3v) is 5.03. The average molecular weight is 334 g/mol. The van der Waals surface area contributed by atoms with Crippen LogP contribution in [0.5, 0.6) is 0 Å². The van der Waals surface area contributed by atoms with Crippen LogP contribution in [-0.4, -0.2) is 86.6 Å². The van der Waals surface area contributed by atoms with Crippen molar-refractivity contribution in [3.63, 3.8) is 0 Å². The molecule has 2 aliphatic heterocycles. The summed E-state index contributed by atoms with van der Waals surface area (Å²) in [6, 6.07) is 0.336. The van der Waals surface area contributed by atoms with Crippen LogP contribution < -0.4 is 0 Å². The third-order valence-electron chi connectivity index (χ3n) is 5.03. The Balaban J connectivity index is 1.53. The van der Waals surface area contributed by atoms with Gasteiger partial charge in [-0.3, -0.25) is 19.2 Å². The number of likely N-dealkylation sites (tertiary alicyclic amines) is 1. The highest BCUT2D eigenvalue weighted by Gasteiger charge is 2.28. The summed E-state index contributed by atoms with van der Waals surface area (Å²) in [6.45, 7) is 6.34. The fourth-order valence-electron chi connectivity index (χ4n) is 3.56. The van der Waals surface area contributed by atoms with Crippen molar-refractivity contribution in [1.82, 2.24) is 29.5 Å². The maximum absolute atomic E-state index is 12.6. The van der Waals surface area contributed by atoms with E-state index in [1.807, 2.05) is 9.58 Å². The molecule has 0 aliphatic carbocycles. The normalized spacial score (nSPS) is 22.6. The highest BCUT2D eigenvalue weighted by molar-refractivity contribution is 5.79. The van der Waals surface area contributed by atoms with Gasteiger partial charge in [0, 0.05) is 39.1 Å². The van der Waals surface area contributed by atoms with Crippen molar-refractivity contribution < 1.29 is 9.59 Å². The molecule has 1 aromatic heterocycles. The van der Waals surface area contributed by atoms with Crippen LogP contribution in [0.2, 0.25) is 0 Å². The first-order valence-corrected chi connectivity index (χ1v) is 8.73. The number of rotatable bonds is 4. The van der Waals surface area contributed by atoms with Crippen LogP contribution in [0.1, 0.15) is 26.2 Å². The molecule has 1 aromatic rings. The molecule has 0 radical (unpaired) electrons. The zero-order valence-electron chi connectivity index (χ0n) is 14.3. The van der Waals surface area contributed by atoms with Gasteiger partial charge in [-0.2, -0.15) is 5.10 Å². The summed E-state index contributed by atoms with van der Waals surface area (Å²) in [5, 5.41) is 4.18. The molecule has 2 fully saturated rings. The molecule has 2 saturated heterocycles. The van der Waals surface area contributed by atoms with Gasteiger partial charge in [0.15, 0.2) is 0 Å². The molecule has 8 heteroatoms. The molecule has 1 atom stereocenters. The quantitative estimate of drug-likeness (QED) is 0.764. The van der Waals surface area contributed by atoms with Gasteiger partial charge in [0.25, 0.3) is 0 Å². The standard InChI is InChI=1S/C16H26N6O2/c1-14(23)19-6-8-20(9-7-19)16(24)11-21-5-3-2-4-15(21)10-22-13-17-12-18-22/h12-13,15H,2-11H2,1H3/t15-/m1/s1. The van der Waals surface area contributed by atoms with Gasteiger partial charge in [0.05, 0.1) is 13.1 Å². The van der Waals surface area contributed by atoms with Gasteiger partial charge in [-0.15, -0.1) is 0 Å². The fourth-order valence-corrected chi connectivity index (χ4v) is 3.56. The van der Waals surface area contributed by atoms with E-state index in [2.05, 4.69) is 15.0 Å². The van der Waals surface area contributed by atoms with Gasteiger partial charge in [0.2, 0.25) is 11.8 Å². The first-order chi connectivity index (χ1) is 11.6. The molecule has 0 aromatic carbocycles. The number of carbonyl (C=O) groups is 2. The summed E-state index contributed by atoms with van der Waals surface area (Å²) >= 11 is 0.